The van der Waals surface area contributed by atoms with Crippen LogP contribution in [-0.2, 0) is 9.59 Å². The summed E-state index contributed by atoms with van der Waals surface area (Å²) in [5, 5.41) is 5.89. The molecule has 24 heavy (non-hydrogen) atoms. The van der Waals surface area contributed by atoms with E-state index in [-0.39, 0.29) is 17.7 Å². The second-order valence-corrected chi connectivity index (χ2v) is 8.00. The average Bonchev–Trinajstić information content (AvgIpc) is 3.32. The van der Waals surface area contributed by atoms with Crippen LogP contribution in [0.2, 0.25) is 0 Å². The zero-order valence-electron chi connectivity index (χ0n) is 15.1. The number of nitrogens with zero attached hydrogens (tertiary/aromatic N) is 1. The van der Waals surface area contributed by atoms with Crippen molar-refractivity contribution in [3.8, 4) is 0 Å². The maximum Gasteiger partial charge on any atom is 0.223 e. The molecule has 0 radical (unpaired) electrons. The van der Waals surface area contributed by atoms with Gasteiger partial charge in [0.2, 0.25) is 11.8 Å². The molecule has 2 saturated carbocycles. The number of nitrogens with one attached hydrogen (secondary N) is 2. The van der Waals surface area contributed by atoms with Gasteiger partial charge >= 0.3 is 0 Å². The van der Waals surface area contributed by atoms with Crippen molar-refractivity contribution in [1.29, 1.82) is 0 Å². The van der Waals surface area contributed by atoms with Crippen molar-refractivity contribution < 1.29 is 9.59 Å². The molecule has 5 heteroatoms. The molecular formula is C19H33N3O2. The van der Waals surface area contributed by atoms with Crippen molar-refractivity contribution in [2.45, 2.75) is 64.3 Å². The van der Waals surface area contributed by atoms with Gasteiger partial charge in [0, 0.05) is 38.0 Å². The topological polar surface area (TPSA) is 61.4 Å². The second kappa shape index (κ2) is 8.32. The molecule has 136 valence electrons. The summed E-state index contributed by atoms with van der Waals surface area (Å²) in [6.45, 7) is 5.44. The summed E-state index contributed by atoms with van der Waals surface area (Å²) in [5.41, 5.74) is 0. The summed E-state index contributed by atoms with van der Waals surface area (Å²) in [6, 6.07) is 0.754. The van der Waals surface area contributed by atoms with E-state index in [0.29, 0.717) is 18.9 Å². The van der Waals surface area contributed by atoms with Crippen molar-refractivity contribution in [1.82, 2.24) is 15.5 Å². The van der Waals surface area contributed by atoms with E-state index < -0.39 is 0 Å². The van der Waals surface area contributed by atoms with Gasteiger partial charge in [0.25, 0.3) is 0 Å². The van der Waals surface area contributed by atoms with E-state index in [0.717, 1.165) is 31.5 Å². The van der Waals surface area contributed by atoms with Crippen molar-refractivity contribution in [3.63, 3.8) is 0 Å². The van der Waals surface area contributed by atoms with Crippen molar-refractivity contribution >= 4 is 11.8 Å². The summed E-state index contributed by atoms with van der Waals surface area (Å²) in [6.07, 6.45) is 9.58. The van der Waals surface area contributed by atoms with Crippen LogP contribution in [0.1, 0.15) is 58.3 Å². The van der Waals surface area contributed by atoms with E-state index in [2.05, 4.69) is 22.5 Å². The lowest BCUT2D eigenvalue weighted by atomic mass is 9.78. The average molecular weight is 335 g/mol. The molecule has 1 aliphatic heterocycles. The Kier molecular flexibility index (Phi) is 6.14. The minimum Gasteiger partial charge on any atom is -0.355 e. The summed E-state index contributed by atoms with van der Waals surface area (Å²) in [7, 11) is 0. The molecule has 3 rings (SSSR count). The Labute approximate surface area is 145 Å². The highest BCUT2D eigenvalue weighted by Gasteiger charge is 2.38. The third-order valence-electron chi connectivity index (χ3n) is 6.18. The molecule has 3 fully saturated rings. The smallest absolute Gasteiger partial charge is 0.223 e. The largest absolute Gasteiger partial charge is 0.355 e. The van der Waals surface area contributed by atoms with Gasteiger partial charge in [-0.3, -0.25) is 14.5 Å². The summed E-state index contributed by atoms with van der Waals surface area (Å²) in [4.78, 5) is 26.2. The Bertz CT molecular complexity index is 452. The van der Waals surface area contributed by atoms with E-state index in [1.165, 1.54) is 45.1 Å². The monoisotopic (exact) mass is 335 g/mol. The minimum absolute atomic E-state index is 0.0522. The van der Waals surface area contributed by atoms with Crippen molar-refractivity contribution in [3.05, 3.63) is 0 Å². The van der Waals surface area contributed by atoms with Gasteiger partial charge < -0.3 is 10.6 Å². The molecule has 1 heterocycles. The normalized spacial score (nSPS) is 32.7. The molecule has 0 spiro atoms. The third-order valence-corrected chi connectivity index (χ3v) is 6.18. The van der Waals surface area contributed by atoms with Crippen LogP contribution in [0.15, 0.2) is 0 Å². The van der Waals surface area contributed by atoms with Crippen LogP contribution in [0, 0.1) is 17.8 Å². The van der Waals surface area contributed by atoms with E-state index in [4.69, 9.17) is 0 Å². The standard InChI is InChI=1S/C19H33N3O2/c1-14-13-16(14)19(24)21-9-8-18(23)20-10-12-22-11-4-6-15-5-2-3-7-17(15)22/h14-17H,2-13H2,1H3,(H,20,23)(H,21,24)/t14-,15-,16+,17+/m1/s1. The van der Waals surface area contributed by atoms with Gasteiger partial charge in [-0.1, -0.05) is 19.8 Å². The van der Waals surface area contributed by atoms with Crippen LogP contribution < -0.4 is 10.6 Å². The lowest BCUT2D eigenvalue weighted by Gasteiger charge is -2.44. The molecule has 3 aliphatic rings. The molecule has 0 aromatic carbocycles. The molecule has 2 amide bonds. The first-order valence-corrected chi connectivity index (χ1v) is 9.93. The molecule has 1 saturated heterocycles. The number of hydrogen-bond acceptors (Lipinski definition) is 3. The predicted octanol–water partition coefficient (Wildman–Crippen LogP) is 1.92. The SMILES string of the molecule is C[C@@H]1C[C@@H]1C(=O)NCCC(=O)NCCN1CCC[C@H]2CCCC[C@@H]21. The number of rotatable bonds is 7. The van der Waals surface area contributed by atoms with E-state index in [1.54, 1.807) is 0 Å². The van der Waals surface area contributed by atoms with Gasteiger partial charge in [-0.25, -0.2) is 0 Å². The Hall–Kier alpha value is -1.10. The van der Waals surface area contributed by atoms with Crippen LogP contribution >= 0.6 is 0 Å². The summed E-state index contributed by atoms with van der Waals surface area (Å²) < 4.78 is 0. The lowest BCUT2D eigenvalue weighted by Crippen LogP contribution is -2.49. The van der Waals surface area contributed by atoms with E-state index >= 15 is 0 Å². The summed E-state index contributed by atoms with van der Waals surface area (Å²) >= 11 is 0. The molecule has 2 N–H and O–H groups in total. The molecule has 0 bridgehead atoms. The number of piperidine rings is 1. The second-order valence-electron chi connectivity index (χ2n) is 8.00. The zero-order chi connectivity index (χ0) is 16.9. The van der Waals surface area contributed by atoms with Crippen LogP contribution in [0.25, 0.3) is 0 Å². The number of fused-ring (bicyclic) bond motifs is 1. The number of amides is 2. The fourth-order valence-corrected chi connectivity index (χ4v) is 4.55. The first-order chi connectivity index (χ1) is 11.6. The Morgan fingerprint density at radius 2 is 1.79 bits per heavy atom. The van der Waals surface area contributed by atoms with Crippen LogP contribution in [-0.4, -0.2) is 48.9 Å². The highest BCUT2D eigenvalue weighted by Crippen LogP contribution is 2.37. The van der Waals surface area contributed by atoms with Crippen LogP contribution in [0.3, 0.4) is 0 Å². The third kappa shape index (κ3) is 4.71. The Morgan fingerprint density at radius 1 is 1.04 bits per heavy atom. The number of carbonyl (C=O) groups is 2. The highest BCUT2D eigenvalue weighted by atomic mass is 16.2. The molecule has 0 aromatic heterocycles. The van der Waals surface area contributed by atoms with Crippen LogP contribution in [0.4, 0.5) is 0 Å². The van der Waals surface area contributed by atoms with Gasteiger partial charge in [-0.15, -0.1) is 0 Å². The number of hydrogen-bond donors (Lipinski definition) is 2. The molecule has 5 nitrogen and oxygen atoms in total. The van der Waals surface area contributed by atoms with E-state index in [9.17, 15) is 9.59 Å². The fraction of sp³-hybridized carbons (Fsp3) is 0.895. The molecule has 4 atom stereocenters. The van der Waals surface area contributed by atoms with Crippen molar-refractivity contribution in [2.24, 2.45) is 17.8 Å². The van der Waals surface area contributed by atoms with Gasteiger partial charge in [-0.05, 0) is 50.5 Å². The maximum atomic E-state index is 11.9. The van der Waals surface area contributed by atoms with Gasteiger partial charge in [0.05, 0.1) is 0 Å². The van der Waals surface area contributed by atoms with Crippen molar-refractivity contribution in [2.75, 3.05) is 26.2 Å². The highest BCUT2D eigenvalue weighted by molar-refractivity contribution is 5.82. The minimum atomic E-state index is 0.0522. The quantitative estimate of drug-likeness (QED) is 0.747. The number of carbonyl (C=O) groups excluding carboxylic acids is 2. The maximum absolute atomic E-state index is 11.9. The summed E-state index contributed by atoms with van der Waals surface area (Å²) in [5.74, 6) is 1.77. The first kappa shape index (κ1) is 17.7. The predicted molar refractivity (Wildman–Crippen MR) is 94.5 cm³/mol. The van der Waals surface area contributed by atoms with Gasteiger partial charge in [-0.2, -0.15) is 0 Å². The molecular weight excluding hydrogens is 302 g/mol. The number of likely N-dealkylation sites (tertiary alicyclic amines) is 1. The Morgan fingerprint density at radius 3 is 2.58 bits per heavy atom. The van der Waals surface area contributed by atoms with E-state index in [1.807, 2.05) is 0 Å². The molecule has 0 aromatic rings. The first-order valence-electron chi connectivity index (χ1n) is 9.93. The van der Waals surface area contributed by atoms with Gasteiger partial charge in [0.1, 0.15) is 0 Å². The zero-order valence-corrected chi connectivity index (χ0v) is 15.1. The fourth-order valence-electron chi connectivity index (χ4n) is 4.55. The van der Waals surface area contributed by atoms with Gasteiger partial charge in [0.15, 0.2) is 0 Å². The Balaban J connectivity index is 1.28. The molecule has 2 aliphatic carbocycles. The molecule has 0 unspecified atom stereocenters. The lowest BCUT2D eigenvalue weighted by molar-refractivity contribution is -0.123. The van der Waals surface area contributed by atoms with Crippen LogP contribution in [0.5, 0.6) is 0 Å².